The maximum absolute atomic E-state index is 13.3. The van der Waals surface area contributed by atoms with Crippen LogP contribution in [0.3, 0.4) is 0 Å². The molecule has 1 nitrogen and oxygen atoms in total. The normalized spacial score (nSPS) is 23.9. The van der Waals surface area contributed by atoms with Gasteiger partial charge in [-0.15, -0.1) is 11.8 Å². The van der Waals surface area contributed by atoms with Gasteiger partial charge in [0.1, 0.15) is 5.82 Å². The molecule has 1 aliphatic heterocycles. The van der Waals surface area contributed by atoms with Gasteiger partial charge in [0, 0.05) is 22.3 Å². The van der Waals surface area contributed by atoms with Crippen LogP contribution in [-0.4, -0.2) is 27.8 Å². The van der Waals surface area contributed by atoms with E-state index in [0.717, 1.165) is 23.5 Å². The molecule has 18 heavy (non-hydrogen) atoms. The Kier molecular flexibility index (Phi) is 4.73. The summed E-state index contributed by atoms with van der Waals surface area (Å²) in [6.45, 7) is 3.98. The Labute approximate surface area is 116 Å². The van der Waals surface area contributed by atoms with Crippen molar-refractivity contribution in [1.29, 1.82) is 0 Å². The molecule has 4 heteroatoms. The van der Waals surface area contributed by atoms with E-state index < -0.39 is 0 Å². The second-order valence-corrected chi connectivity index (χ2v) is 7.03. The highest BCUT2D eigenvalue weighted by Gasteiger charge is 2.32. The molecule has 1 heterocycles. The first-order chi connectivity index (χ1) is 8.63. The first-order valence-electron chi connectivity index (χ1n) is 6.17. The number of benzene rings is 1. The fourth-order valence-electron chi connectivity index (χ4n) is 2.16. The number of hydrogen-bond donors (Lipinski definition) is 0. The SMILES string of the molecule is CCC1SCCSC1C(=O)c1cc(F)ccc1C. The van der Waals surface area contributed by atoms with Gasteiger partial charge in [-0.25, -0.2) is 4.39 Å². The number of halogens is 1. The van der Waals surface area contributed by atoms with E-state index in [1.54, 1.807) is 17.8 Å². The molecular formula is C14H17FOS2. The quantitative estimate of drug-likeness (QED) is 0.783. The minimum Gasteiger partial charge on any atom is -0.293 e. The Hall–Kier alpha value is -0.480. The fraction of sp³-hybridized carbons (Fsp3) is 0.500. The second kappa shape index (κ2) is 6.11. The lowest BCUT2D eigenvalue weighted by Gasteiger charge is -2.29. The molecule has 1 aromatic rings. The number of carbonyl (C=O) groups is 1. The van der Waals surface area contributed by atoms with E-state index in [-0.39, 0.29) is 16.9 Å². The number of ketones is 1. The lowest BCUT2D eigenvalue weighted by molar-refractivity contribution is 0.0987. The molecule has 0 aliphatic carbocycles. The van der Waals surface area contributed by atoms with Gasteiger partial charge in [-0.2, -0.15) is 11.8 Å². The molecule has 0 amide bonds. The van der Waals surface area contributed by atoms with E-state index in [1.807, 2.05) is 18.7 Å². The topological polar surface area (TPSA) is 17.1 Å². The minimum atomic E-state index is -0.328. The molecule has 0 spiro atoms. The van der Waals surface area contributed by atoms with Gasteiger partial charge >= 0.3 is 0 Å². The summed E-state index contributed by atoms with van der Waals surface area (Å²) in [6.07, 6.45) is 0.989. The molecule has 1 aliphatic rings. The van der Waals surface area contributed by atoms with Crippen LogP contribution in [0.25, 0.3) is 0 Å². The van der Waals surface area contributed by atoms with Crippen LogP contribution in [0.1, 0.15) is 29.3 Å². The van der Waals surface area contributed by atoms with Gasteiger partial charge in [0.2, 0.25) is 0 Å². The molecule has 0 bridgehead atoms. The lowest BCUT2D eigenvalue weighted by atomic mass is 10.00. The fourth-order valence-corrected chi connectivity index (χ4v) is 5.18. The lowest BCUT2D eigenvalue weighted by Crippen LogP contribution is -2.33. The van der Waals surface area contributed by atoms with Gasteiger partial charge in [0.05, 0.1) is 5.25 Å². The van der Waals surface area contributed by atoms with Gasteiger partial charge in [-0.1, -0.05) is 13.0 Å². The van der Waals surface area contributed by atoms with Crippen molar-refractivity contribution in [3.8, 4) is 0 Å². The monoisotopic (exact) mass is 284 g/mol. The molecule has 0 N–H and O–H groups in total. The third kappa shape index (κ3) is 2.91. The number of thioether (sulfide) groups is 2. The summed E-state index contributed by atoms with van der Waals surface area (Å²) in [4.78, 5) is 12.5. The molecule has 1 saturated heterocycles. The number of Topliss-reactive ketones (excluding diaryl/α,β-unsaturated/α-hetero) is 1. The zero-order valence-electron chi connectivity index (χ0n) is 10.6. The summed E-state index contributed by atoms with van der Waals surface area (Å²) < 4.78 is 13.3. The van der Waals surface area contributed by atoms with E-state index in [4.69, 9.17) is 0 Å². The van der Waals surface area contributed by atoms with Crippen LogP contribution >= 0.6 is 23.5 Å². The molecule has 0 saturated carbocycles. The van der Waals surface area contributed by atoms with E-state index in [0.29, 0.717) is 10.8 Å². The molecule has 2 atom stereocenters. The standard InChI is InChI=1S/C14H17FOS2/c1-3-12-14(18-7-6-17-12)13(16)11-8-10(15)5-4-9(11)2/h4-5,8,12,14H,3,6-7H2,1-2H3. The number of rotatable bonds is 3. The summed E-state index contributed by atoms with van der Waals surface area (Å²) in [5.41, 5.74) is 1.42. The smallest absolute Gasteiger partial charge is 0.177 e. The van der Waals surface area contributed by atoms with E-state index in [9.17, 15) is 9.18 Å². The van der Waals surface area contributed by atoms with Gasteiger partial charge in [-0.3, -0.25) is 4.79 Å². The highest BCUT2D eigenvalue weighted by Crippen LogP contribution is 2.35. The zero-order valence-corrected chi connectivity index (χ0v) is 12.2. The highest BCUT2D eigenvalue weighted by atomic mass is 32.2. The molecule has 2 unspecified atom stereocenters. The Morgan fingerprint density at radius 2 is 2.11 bits per heavy atom. The zero-order chi connectivity index (χ0) is 13.1. The van der Waals surface area contributed by atoms with E-state index >= 15 is 0 Å². The minimum absolute atomic E-state index is 0.0192. The predicted molar refractivity (Wildman–Crippen MR) is 78.3 cm³/mol. The largest absolute Gasteiger partial charge is 0.293 e. The van der Waals surface area contributed by atoms with Gasteiger partial charge in [0.15, 0.2) is 5.78 Å². The summed E-state index contributed by atoms with van der Waals surface area (Å²) in [6, 6.07) is 4.47. The van der Waals surface area contributed by atoms with E-state index in [2.05, 4.69) is 6.92 Å². The maximum Gasteiger partial charge on any atom is 0.177 e. The summed E-state index contributed by atoms with van der Waals surface area (Å²) in [7, 11) is 0. The number of hydrogen-bond acceptors (Lipinski definition) is 3. The number of aryl methyl sites for hydroxylation is 1. The maximum atomic E-state index is 13.3. The van der Waals surface area contributed by atoms with Crippen molar-refractivity contribution in [3.05, 3.63) is 35.1 Å². The molecular weight excluding hydrogens is 267 g/mol. The van der Waals surface area contributed by atoms with Gasteiger partial charge in [-0.05, 0) is 31.0 Å². The Balaban J connectivity index is 2.26. The third-order valence-corrected chi connectivity index (χ3v) is 6.42. The van der Waals surface area contributed by atoms with Crippen molar-refractivity contribution in [1.82, 2.24) is 0 Å². The van der Waals surface area contributed by atoms with Crippen molar-refractivity contribution >= 4 is 29.3 Å². The van der Waals surface area contributed by atoms with Crippen LogP contribution < -0.4 is 0 Å². The van der Waals surface area contributed by atoms with Crippen LogP contribution in [0.2, 0.25) is 0 Å². The van der Waals surface area contributed by atoms with Crippen LogP contribution in [0.15, 0.2) is 18.2 Å². The average Bonchev–Trinajstić information content (AvgIpc) is 2.40. The van der Waals surface area contributed by atoms with Crippen molar-refractivity contribution < 1.29 is 9.18 Å². The highest BCUT2D eigenvalue weighted by molar-refractivity contribution is 8.07. The Bertz CT molecular complexity index is 447. The molecule has 2 rings (SSSR count). The Morgan fingerprint density at radius 1 is 1.39 bits per heavy atom. The molecule has 98 valence electrons. The Morgan fingerprint density at radius 3 is 2.83 bits per heavy atom. The molecule has 0 radical (unpaired) electrons. The van der Waals surface area contributed by atoms with Crippen LogP contribution in [-0.2, 0) is 0 Å². The number of carbonyl (C=O) groups excluding carboxylic acids is 1. The van der Waals surface area contributed by atoms with Crippen molar-refractivity contribution in [2.45, 2.75) is 30.8 Å². The summed E-state index contributed by atoms with van der Waals surface area (Å²) in [5.74, 6) is 1.88. The predicted octanol–water partition coefficient (Wildman–Crippen LogP) is 3.94. The molecule has 1 aromatic carbocycles. The average molecular weight is 284 g/mol. The molecule has 0 aromatic heterocycles. The summed E-state index contributed by atoms with van der Waals surface area (Å²) in [5, 5.41) is 0.341. The first kappa shape index (κ1) is 13.9. The third-order valence-electron chi connectivity index (χ3n) is 3.18. The van der Waals surface area contributed by atoms with Crippen molar-refractivity contribution in [2.24, 2.45) is 0 Å². The van der Waals surface area contributed by atoms with Crippen LogP contribution in [0.4, 0.5) is 4.39 Å². The van der Waals surface area contributed by atoms with Crippen molar-refractivity contribution in [2.75, 3.05) is 11.5 Å². The molecule has 1 fully saturated rings. The van der Waals surface area contributed by atoms with Crippen LogP contribution in [0.5, 0.6) is 0 Å². The second-order valence-electron chi connectivity index (χ2n) is 4.43. The van der Waals surface area contributed by atoms with Crippen LogP contribution in [0, 0.1) is 12.7 Å². The first-order valence-corrected chi connectivity index (χ1v) is 8.26. The van der Waals surface area contributed by atoms with Gasteiger partial charge in [0.25, 0.3) is 0 Å². The summed E-state index contributed by atoms with van der Waals surface area (Å²) >= 11 is 3.59. The van der Waals surface area contributed by atoms with Gasteiger partial charge < -0.3 is 0 Å². The van der Waals surface area contributed by atoms with Crippen molar-refractivity contribution in [3.63, 3.8) is 0 Å². The van der Waals surface area contributed by atoms with E-state index in [1.165, 1.54) is 12.1 Å².